The zero-order chi connectivity index (χ0) is 16.3. The highest BCUT2D eigenvalue weighted by molar-refractivity contribution is 6.70. The quantitative estimate of drug-likeness (QED) is 0.573. The number of halogens is 4. The molecule has 0 fully saturated rings. The Morgan fingerprint density at radius 3 is 2.09 bits per heavy atom. The second kappa shape index (κ2) is 7.39. The first-order chi connectivity index (χ1) is 10.2. The zero-order valence-electron chi connectivity index (χ0n) is 11.9. The van der Waals surface area contributed by atoms with Crippen LogP contribution in [0, 0.1) is 5.82 Å². The molecule has 0 spiro atoms. The SMILES string of the molecule is C.CB(C)c1ccc(Oc2cccc(OC(F)(F)F)c2)cc1F. The molecule has 2 aromatic rings. The first-order valence-electron chi connectivity index (χ1n) is 6.58. The fraction of sp³-hybridized carbons (Fsp3) is 0.250. The van der Waals surface area contributed by atoms with Gasteiger partial charge in [-0.05, 0) is 23.7 Å². The van der Waals surface area contributed by atoms with Gasteiger partial charge in [0.2, 0.25) is 0 Å². The molecular formula is C16H17BF4O2. The number of alkyl halides is 3. The summed E-state index contributed by atoms with van der Waals surface area (Å²) in [5, 5.41) is 0. The van der Waals surface area contributed by atoms with Gasteiger partial charge in [0.05, 0.1) is 0 Å². The highest BCUT2D eigenvalue weighted by Gasteiger charge is 2.31. The van der Waals surface area contributed by atoms with E-state index in [1.54, 1.807) is 12.1 Å². The number of hydrogen-bond donors (Lipinski definition) is 0. The predicted octanol–water partition coefficient (Wildman–Crippen LogP) is 5.11. The molecule has 0 aliphatic rings. The molecule has 2 nitrogen and oxygen atoms in total. The van der Waals surface area contributed by atoms with Crippen molar-refractivity contribution in [1.29, 1.82) is 0 Å². The largest absolute Gasteiger partial charge is 0.573 e. The van der Waals surface area contributed by atoms with E-state index in [-0.39, 0.29) is 25.6 Å². The molecule has 23 heavy (non-hydrogen) atoms. The van der Waals surface area contributed by atoms with Crippen molar-refractivity contribution in [2.24, 2.45) is 0 Å². The smallest absolute Gasteiger partial charge is 0.457 e. The summed E-state index contributed by atoms with van der Waals surface area (Å²) >= 11 is 0. The standard InChI is InChI=1S/C15H13BF4O2.CH4/c1-16(2)13-7-6-11(9-14(13)17)21-10-4-3-5-12(8-10)22-15(18,19)20;/h3-9H,1-2H3;1H4. The lowest BCUT2D eigenvalue weighted by Crippen LogP contribution is -2.25. The molecule has 0 unspecified atom stereocenters. The van der Waals surface area contributed by atoms with Crippen LogP contribution in [0.3, 0.4) is 0 Å². The highest BCUT2D eigenvalue weighted by atomic mass is 19.4. The summed E-state index contributed by atoms with van der Waals surface area (Å²) in [4.78, 5) is 0. The third-order valence-electron chi connectivity index (χ3n) is 2.87. The molecule has 0 amide bonds. The predicted molar refractivity (Wildman–Crippen MR) is 83.4 cm³/mol. The van der Waals surface area contributed by atoms with Gasteiger partial charge in [-0.15, -0.1) is 13.2 Å². The molecule has 0 heterocycles. The Labute approximate surface area is 133 Å². The number of hydrogen-bond acceptors (Lipinski definition) is 2. The van der Waals surface area contributed by atoms with E-state index in [0.29, 0.717) is 5.46 Å². The molecule has 0 aliphatic carbocycles. The Balaban J connectivity index is 0.00000264. The fourth-order valence-electron chi connectivity index (χ4n) is 1.91. The Kier molecular flexibility index (Phi) is 6.07. The van der Waals surface area contributed by atoms with E-state index in [9.17, 15) is 17.6 Å². The maximum Gasteiger partial charge on any atom is 0.573 e. The Hall–Kier alpha value is -2.18. The van der Waals surface area contributed by atoms with E-state index >= 15 is 0 Å². The zero-order valence-corrected chi connectivity index (χ0v) is 11.9. The number of benzene rings is 2. The maximum absolute atomic E-state index is 13.9. The summed E-state index contributed by atoms with van der Waals surface area (Å²) in [6.07, 6.45) is -4.77. The fourth-order valence-corrected chi connectivity index (χ4v) is 1.91. The molecule has 0 N–H and O–H groups in total. The van der Waals surface area contributed by atoms with Crippen molar-refractivity contribution in [3.05, 3.63) is 48.3 Å². The van der Waals surface area contributed by atoms with Gasteiger partial charge in [-0.3, -0.25) is 0 Å². The van der Waals surface area contributed by atoms with Crippen molar-refractivity contribution >= 4 is 12.2 Å². The molecule has 7 heteroatoms. The van der Waals surface area contributed by atoms with Crippen molar-refractivity contribution in [1.82, 2.24) is 0 Å². The van der Waals surface area contributed by atoms with Crippen LogP contribution in [-0.2, 0) is 0 Å². The van der Waals surface area contributed by atoms with E-state index in [4.69, 9.17) is 4.74 Å². The van der Waals surface area contributed by atoms with E-state index in [1.165, 1.54) is 18.2 Å². The molecular weight excluding hydrogens is 311 g/mol. The first kappa shape index (κ1) is 18.9. The van der Waals surface area contributed by atoms with E-state index in [2.05, 4.69) is 4.74 Å². The summed E-state index contributed by atoms with van der Waals surface area (Å²) < 4.78 is 59.5. The molecule has 0 atom stereocenters. The van der Waals surface area contributed by atoms with Gasteiger partial charge in [-0.25, -0.2) is 4.39 Å². The van der Waals surface area contributed by atoms with Gasteiger partial charge in [-0.1, -0.05) is 33.2 Å². The van der Waals surface area contributed by atoms with Crippen LogP contribution in [0.2, 0.25) is 13.6 Å². The van der Waals surface area contributed by atoms with Crippen LogP contribution in [0.5, 0.6) is 17.2 Å². The second-order valence-corrected chi connectivity index (χ2v) is 4.96. The van der Waals surface area contributed by atoms with Crippen molar-refractivity contribution in [3.8, 4) is 17.2 Å². The average molecular weight is 328 g/mol. The van der Waals surface area contributed by atoms with Gasteiger partial charge in [-0.2, -0.15) is 0 Å². The third-order valence-corrected chi connectivity index (χ3v) is 2.87. The van der Waals surface area contributed by atoms with Crippen LogP contribution < -0.4 is 14.9 Å². The van der Waals surface area contributed by atoms with Crippen molar-refractivity contribution < 1.29 is 27.0 Å². The molecule has 0 radical (unpaired) electrons. The summed E-state index contributed by atoms with van der Waals surface area (Å²) in [6, 6.07) is 9.41. The van der Waals surface area contributed by atoms with Gasteiger partial charge in [0.1, 0.15) is 23.1 Å². The summed E-state index contributed by atoms with van der Waals surface area (Å²) in [6.45, 7) is 3.74. The van der Waals surface area contributed by atoms with Crippen molar-refractivity contribution in [2.45, 2.75) is 27.4 Å². The van der Waals surface area contributed by atoms with Gasteiger partial charge < -0.3 is 9.47 Å². The second-order valence-electron chi connectivity index (χ2n) is 4.96. The third kappa shape index (κ3) is 5.51. The molecule has 0 aliphatic heterocycles. The lowest BCUT2D eigenvalue weighted by Gasteiger charge is -2.11. The van der Waals surface area contributed by atoms with Gasteiger partial charge in [0, 0.05) is 12.1 Å². The Bertz CT molecular complexity index is 657. The van der Waals surface area contributed by atoms with Crippen molar-refractivity contribution in [2.75, 3.05) is 0 Å². The minimum absolute atomic E-state index is 0. The Morgan fingerprint density at radius 2 is 1.52 bits per heavy atom. The van der Waals surface area contributed by atoms with E-state index < -0.39 is 17.9 Å². The molecule has 0 bridgehead atoms. The highest BCUT2D eigenvalue weighted by Crippen LogP contribution is 2.28. The lowest BCUT2D eigenvalue weighted by atomic mass is 9.49. The monoisotopic (exact) mass is 328 g/mol. The van der Waals surface area contributed by atoms with Crippen LogP contribution in [-0.4, -0.2) is 13.1 Å². The minimum Gasteiger partial charge on any atom is -0.457 e. The van der Waals surface area contributed by atoms with E-state index in [1.807, 2.05) is 13.6 Å². The van der Waals surface area contributed by atoms with Crippen LogP contribution in [0.1, 0.15) is 7.43 Å². The molecule has 0 saturated heterocycles. The summed E-state index contributed by atoms with van der Waals surface area (Å²) in [5.74, 6) is -0.496. The van der Waals surface area contributed by atoms with Crippen molar-refractivity contribution in [3.63, 3.8) is 0 Å². The average Bonchev–Trinajstić information content (AvgIpc) is 2.36. The first-order valence-corrected chi connectivity index (χ1v) is 6.58. The van der Waals surface area contributed by atoms with Gasteiger partial charge >= 0.3 is 6.36 Å². The van der Waals surface area contributed by atoms with E-state index in [0.717, 1.165) is 12.1 Å². The molecule has 124 valence electrons. The number of rotatable bonds is 4. The molecule has 2 aromatic carbocycles. The molecule has 2 rings (SSSR count). The molecule has 0 saturated carbocycles. The van der Waals surface area contributed by atoms with Gasteiger partial charge in [0.25, 0.3) is 0 Å². The van der Waals surface area contributed by atoms with Crippen LogP contribution in [0.15, 0.2) is 42.5 Å². The summed E-state index contributed by atoms with van der Waals surface area (Å²) in [7, 11) is 0. The van der Waals surface area contributed by atoms with Gasteiger partial charge in [0.15, 0.2) is 6.71 Å². The lowest BCUT2D eigenvalue weighted by molar-refractivity contribution is -0.274. The summed E-state index contributed by atoms with van der Waals surface area (Å²) in [5.41, 5.74) is 0.543. The molecule has 0 aromatic heterocycles. The van der Waals surface area contributed by atoms with Crippen LogP contribution >= 0.6 is 0 Å². The van der Waals surface area contributed by atoms with Crippen LogP contribution in [0.4, 0.5) is 17.6 Å². The normalized spacial score (nSPS) is 10.7. The minimum atomic E-state index is -4.77. The number of ether oxygens (including phenoxy) is 2. The maximum atomic E-state index is 13.9. The Morgan fingerprint density at radius 1 is 0.913 bits per heavy atom. The van der Waals surface area contributed by atoms with Crippen LogP contribution in [0.25, 0.3) is 0 Å². The topological polar surface area (TPSA) is 18.5 Å².